The van der Waals surface area contributed by atoms with E-state index < -0.39 is 31.5 Å². The van der Waals surface area contributed by atoms with E-state index in [0.29, 0.717) is 37.3 Å². The predicted molar refractivity (Wildman–Crippen MR) is 136 cm³/mol. The van der Waals surface area contributed by atoms with Crippen molar-refractivity contribution in [3.05, 3.63) is 47.8 Å². The van der Waals surface area contributed by atoms with Gasteiger partial charge in [-0.05, 0) is 18.5 Å². The Bertz CT molecular complexity index is 1310. The molecule has 1 atom stereocenters. The number of anilines is 1. The van der Waals surface area contributed by atoms with Crippen LogP contribution in [0, 0.1) is 23.0 Å². The number of carbonyl (C=O) groups is 1. The summed E-state index contributed by atoms with van der Waals surface area (Å²) in [5, 5.41) is 15.1. The molecule has 2 aromatic heterocycles. The molecule has 0 radical (unpaired) electrons. The van der Waals surface area contributed by atoms with Gasteiger partial charge in [-0.2, -0.15) is 5.26 Å². The van der Waals surface area contributed by atoms with Crippen molar-refractivity contribution < 1.29 is 27.8 Å². The van der Waals surface area contributed by atoms with Crippen LogP contribution in [0.25, 0.3) is 11.0 Å². The van der Waals surface area contributed by atoms with Crippen LogP contribution in [0.2, 0.25) is 25.7 Å². The number of halogens is 2. The fraction of sp³-hybridized carbons (Fsp3) is 0.400. The number of hydrogen-bond acceptors (Lipinski definition) is 6. The number of benzene rings is 1. The minimum atomic E-state index is -1.26. The number of pyridine rings is 1. The highest BCUT2D eigenvalue weighted by Gasteiger charge is 2.21. The van der Waals surface area contributed by atoms with Gasteiger partial charge in [0.15, 0.2) is 17.4 Å². The van der Waals surface area contributed by atoms with Gasteiger partial charge in [-0.1, -0.05) is 19.6 Å². The largest absolute Gasteiger partial charge is 0.450 e. The van der Waals surface area contributed by atoms with Crippen LogP contribution in [0.1, 0.15) is 12.0 Å². The van der Waals surface area contributed by atoms with Gasteiger partial charge in [0, 0.05) is 51.5 Å². The number of rotatable bonds is 9. The molecule has 9 nitrogen and oxygen atoms in total. The van der Waals surface area contributed by atoms with Crippen LogP contribution < -0.4 is 15.4 Å². The summed E-state index contributed by atoms with van der Waals surface area (Å²) in [5.41, 5.74) is 0.560. The molecule has 4 rings (SSSR count). The Balaban J connectivity index is 1.52. The summed E-state index contributed by atoms with van der Waals surface area (Å²) in [6.45, 7) is 8.45. The zero-order valence-corrected chi connectivity index (χ0v) is 21.9. The maximum Gasteiger partial charge on any atom is 0.319 e. The highest BCUT2D eigenvalue weighted by molar-refractivity contribution is 6.76. The van der Waals surface area contributed by atoms with Crippen molar-refractivity contribution in [2.45, 2.75) is 44.9 Å². The topological polar surface area (TPSA) is 110 Å². The Morgan fingerprint density at radius 2 is 2.08 bits per heavy atom. The summed E-state index contributed by atoms with van der Waals surface area (Å²) in [4.78, 5) is 16.5. The lowest BCUT2D eigenvalue weighted by molar-refractivity contribution is 0.0898. The number of carbonyl (C=O) groups excluding carboxylic acids is 1. The molecule has 1 aliphatic heterocycles. The third-order valence-electron chi connectivity index (χ3n) is 5.80. The van der Waals surface area contributed by atoms with Gasteiger partial charge in [-0.25, -0.2) is 18.6 Å². The van der Waals surface area contributed by atoms with E-state index in [1.807, 2.05) is 0 Å². The van der Waals surface area contributed by atoms with Crippen molar-refractivity contribution in [1.29, 1.82) is 5.26 Å². The van der Waals surface area contributed by atoms with Crippen LogP contribution >= 0.6 is 0 Å². The van der Waals surface area contributed by atoms with Crippen molar-refractivity contribution in [3.63, 3.8) is 0 Å². The normalized spacial score (nSPS) is 15.5. The minimum Gasteiger partial charge on any atom is -0.450 e. The highest BCUT2D eigenvalue weighted by Crippen LogP contribution is 2.35. The summed E-state index contributed by atoms with van der Waals surface area (Å²) in [7, 11) is -1.26. The Hall–Kier alpha value is -3.53. The maximum absolute atomic E-state index is 14.9. The van der Waals surface area contributed by atoms with Crippen molar-refractivity contribution in [3.8, 4) is 17.6 Å². The zero-order chi connectivity index (χ0) is 26.6. The molecule has 196 valence electrons. The Morgan fingerprint density at radius 1 is 1.32 bits per heavy atom. The van der Waals surface area contributed by atoms with Crippen LogP contribution in [0.15, 0.2) is 30.6 Å². The standard InChI is InChI=1S/C25H29F2N5O4Si/c1-37(2,3)9-8-35-15-32-13-16(12-28)22-21(4-6-29-24(22)32)36-23-19(26)10-18(11-20(23)27)31-25(33)30-17-5-7-34-14-17/h4,6,10-11,13,17H,5,7-9,14-15H2,1-3H3,(H2,30,31,33). The second kappa shape index (κ2) is 11.2. The average Bonchev–Trinajstić information content (AvgIpc) is 3.46. The van der Waals surface area contributed by atoms with E-state index in [9.17, 15) is 18.8 Å². The third-order valence-corrected chi connectivity index (χ3v) is 7.50. The summed E-state index contributed by atoms with van der Waals surface area (Å²) in [5.74, 6) is -2.63. The Morgan fingerprint density at radius 3 is 2.73 bits per heavy atom. The number of nitrogens with one attached hydrogen (secondary N) is 2. The summed E-state index contributed by atoms with van der Waals surface area (Å²) in [6.07, 6.45) is 3.67. The average molecular weight is 530 g/mol. The van der Waals surface area contributed by atoms with Crippen molar-refractivity contribution in [2.75, 3.05) is 25.1 Å². The van der Waals surface area contributed by atoms with Crippen LogP contribution in [-0.2, 0) is 16.2 Å². The van der Waals surface area contributed by atoms with Gasteiger partial charge in [0.25, 0.3) is 0 Å². The van der Waals surface area contributed by atoms with E-state index in [4.69, 9.17) is 14.2 Å². The Labute approximate surface area is 214 Å². The van der Waals surface area contributed by atoms with Gasteiger partial charge >= 0.3 is 6.03 Å². The molecule has 1 fully saturated rings. The number of ether oxygens (including phenoxy) is 3. The van der Waals surface area contributed by atoms with Crippen LogP contribution in [-0.4, -0.2) is 49.5 Å². The summed E-state index contributed by atoms with van der Waals surface area (Å²) in [6, 6.07) is 5.68. The van der Waals surface area contributed by atoms with Crippen molar-refractivity contribution >= 4 is 30.8 Å². The number of hydrogen-bond donors (Lipinski definition) is 2. The van der Waals surface area contributed by atoms with Gasteiger partial charge in [-0.15, -0.1) is 0 Å². The van der Waals surface area contributed by atoms with E-state index >= 15 is 0 Å². The fourth-order valence-electron chi connectivity index (χ4n) is 3.84. The van der Waals surface area contributed by atoms with E-state index in [1.54, 1.807) is 10.8 Å². The number of amides is 2. The zero-order valence-electron chi connectivity index (χ0n) is 20.9. The lowest BCUT2D eigenvalue weighted by Gasteiger charge is -2.15. The molecule has 1 aliphatic rings. The number of nitriles is 1. The molecule has 0 bridgehead atoms. The molecule has 3 heterocycles. The molecule has 37 heavy (non-hydrogen) atoms. The monoisotopic (exact) mass is 529 g/mol. The van der Waals surface area contributed by atoms with E-state index in [0.717, 1.165) is 18.2 Å². The van der Waals surface area contributed by atoms with E-state index in [-0.39, 0.29) is 29.8 Å². The smallest absolute Gasteiger partial charge is 0.319 e. The summed E-state index contributed by atoms with van der Waals surface area (Å²) < 4.78 is 48.0. The molecule has 2 N–H and O–H groups in total. The molecule has 0 saturated carbocycles. The maximum atomic E-state index is 14.9. The summed E-state index contributed by atoms with van der Waals surface area (Å²) >= 11 is 0. The first-order chi connectivity index (χ1) is 17.6. The van der Waals surface area contributed by atoms with Crippen LogP contribution in [0.4, 0.5) is 19.3 Å². The Kier molecular flexibility index (Phi) is 8.06. The van der Waals surface area contributed by atoms with Crippen LogP contribution in [0.5, 0.6) is 11.5 Å². The molecule has 1 saturated heterocycles. The number of fused-ring (bicyclic) bond motifs is 1. The molecule has 0 spiro atoms. The lowest BCUT2D eigenvalue weighted by Crippen LogP contribution is -2.38. The van der Waals surface area contributed by atoms with Gasteiger partial charge in [0.2, 0.25) is 0 Å². The molecule has 2 amide bonds. The fourth-order valence-corrected chi connectivity index (χ4v) is 4.59. The van der Waals surface area contributed by atoms with E-state index in [2.05, 4.69) is 41.3 Å². The first-order valence-electron chi connectivity index (χ1n) is 11.9. The second-order valence-corrected chi connectivity index (χ2v) is 15.6. The first-order valence-corrected chi connectivity index (χ1v) is 15.6. The molecule has 3 aromatic rings. The van der Waals surface area contributed by atoms with Gasteiger partial charge < -0.3 is 29.4 Å². The molecular weight excluding hydrogens is 500 g/mol. The van der Waals surface area contributed by atoms with Crippen molar-refractivity contribution in [2.24, 2.45) is 0 Å². The third kappa shape index (κ3) is 6.62. The van der Waals surface area contributed by atoms with E-state index in [1.165, 1.54) is 12.3 Å². The second-order valence-electron chi connectivity index (χ2n) is 10.0. The molecule has 12 heteroatoms. The minimum absolute atomic E-state index is 0.0693. The number of aromatic nitrogens is 2. The van der Waals surface area contributed by atoms with Crippen LogP contribution in [0.3, 0.4) is 0 Å². The molecule has 1 unspecified atom stereocenters. The molecule has 1 aromatic carbocycles. The quantitative estimate of drug-likeness (QED) is 0.291. The van der Waals surface area contributed by atoms with Gasteiger partial charge in [0.1, 0.15) is 24.2 Å². The predicted octanol–water partition coefficient (Wildman–Crippen LogP) is 5.20. The van der Waals surface area contributed by atoms with Gasteiger partial charge in [-0.3, -0.25) is 0 Å². The number of nitrogens with zero attached hydrogens (tertiary/aromatic N) is 3. The SMILES string of the molecule is C[Si](C)(C)CCOCn1cc(C#N)c2c(Oc3c(F)cc(NC(=O)NC4CCOC4)cc3F)ccnc21. The number of urea groups is 1. The molecule has 0 aliphatic carbocycles. The lowest BCUT2D eigenvalue weighted by atomic mass is 10.2. The van der Waals surface area contributed by atoms with Gasteiger partial charge in [0.05, 0.1) is 23.6 Å². The first kappa shape index (κ1) is 26.5. The van der Waals surface area contributed by atoms with Crippen molar-refractivity contribution in [1.82, 2.24) is 14.9 Å². The molecular formula is C25H29F2N5O4Si. The highest BCUT2D eigenvalue weighted by atomic mass is 28.3.